The van der Waals surface area contributed by atoms with E-state index in [-0.39, 0.29) is 0 Å². The van der Waals surface area contributed by atoms with Gasteiger partial charge in [0.15, 0.2) is 5.96 Å². The summed E-state index contributed by atoms with van der Waals surface area (Å²) in [6.07, 6.45) is 5.99. The molecule has 0 aliphatic heterocycles. The van der Waals surface area contributed by atoms with E-state index in [9.17, 15) is 0 Å². The van der Waals surface area contributed by atoms with Gasteiger partial charge in [0.25, 0.3) is 0 Å². The average molecular weight is 388 g/mol. The van der Waals surface area contributed by atoms with Gasteiger partial charge in [-0.2, -0.15) is 0 Å². The van der Waals surface area contributed by atoms with Crippen molar-refractivity contribution in [1.29, 1.82) is 0 Å². The molecule has 1 N–H and O–H groups in total. The summed E-state index contributed by atoms with van der Waals surface area (Å²) in [5, 5.41) is 3.37. The summed E-state index contributed by atoms with van der Waals surface area (Å²) in [6, 6.07) is 5.89. The number of hydrogen-bond acceptors (Lipinski definition) is 4. The molecule has 1 aromatic heterocycles. The molecule has 7 heteroatoms. The molecule has 0 amide bonds. The summed E-state index contributed by atoms with van der Waals surface area (Å²) >= 11 is 0. The second-order valence-electron chi connectivity index (χ2n) is 6.64. The molecule has 0 radical (unpaired) electrons. The summed E-state index contributed by atoms with van der Waals surface area (Å²) < 4.78 is 13.0. The maximum absolute atomic E-state index is 5.51. The molecule has 0 spiro atoms. The predicted octanol–water partition coefficient (Wildman–Crippen LogP) is 3.09. The van der Waals surface area contributed by atoms with Crippen molar-refractivity contribution in [3.8, 4) is 11.5 Å². The fourth-order valence-electron chi connectivity index (χ4n) is 3.00. The van der Waals surface area contributed by atoms with Crippen LogP contribution < -0.4 is 14.8 Å². The van der Waals surface area contributed by atoms with Crippen molar-refractivity contribution in [3.63, 3.8) is 0 Å². The SMILES string of the molecule is CCNC(=NCCCCn1ccnc1C)N(C)Cc1ccc(OC)cc1OC. The highest BCUT2D eigenvalue weighted by Gasteiger charge is 2.11. The molecular formula is C21H33N5O2. The summed E-state index contributed by atoms with van der Waals surface area (Å²) in [7, 11) is 5.38. The Bertz CT molecular complexity index is 757. The highest BCUT2D eigenvalue weighted by atomic mass is 16.5. The van der Waals surface area contributed by atoms with E-state index in [1.54, 1.807) is 14.2 Å². The summed E-state index contributed by atoms with van der Waals surface area (Å²) in [6.45, 7) is 7.42. The second kappa shape index (κ2) is 11.2. The Morgan fingerprint density at radius 1 is 1.25 bits per heavy atom. The quantitative estimate of drug-likeness (QED) is 0.386. The number of imidazole rings is 1. The lowest BCUT2D eigenvalue weighted by Gasteiger charge is -2.23. The highest BCUT2D eigenvalue weighted by Crippen LogP contribution is 2.25. The Hall–Kier alpha value is -2.70. The first-order valence-corrected chi connectivity index (χ1v) is 9.77. The number of methoxy groups -OCH3 is 2. The number of unbranched alkanes of at least 4 members (excludes halogenated alkanes) is 1. The maximum atomic E-state index is 5.51. The van der Waals surface area contributed by atoms with Gasteiger partial charge in [0.05, 0.1) is 14.2 Å². The van der Waals surface area contributed by atoms with Crippen molar-refractivity contribution < 1.29 is 9.47 Å². The molecule has 0 fully saturated rings. The number of nitrogens with one attached hydrogen (secondary N) is 1. The summed E-state index contributed by atoms with van der Waals surface area (Å²) in [4.78, 5) is 11.2. The molecule has 0 atom stereocenters. The van der Waals surface area contributed by atoms with Crippen LogP contribution in [0.2, 0.25) is 0 Å². The number of benzene rings is 1. The third-order valence-electron chi connectivity index (χ3n) is 4.59. The third-order valence-corrected chi connectivity index (χ3v) is 4.59. The van der Waals surface area contributed by atoms with Crippen LogP contribution in [0, 0.1) is 6.92 Å². The van der Waals surface area contributed by atoms with Crippen molar-refractivity contribution in [3.05, 3.63) is 42.0 Å². The number of ether oxygens (including phenoxy) is 2. The first kappa shape index (κ1) is 21.6. The lowest BCUT2D eigenvalue weighted by molar-refractivity contribution is 0.382. The van der Waals surface area contributed by atoms with Gasteiger partial charge >= 0.3 is 0 Å². The number of hydrogen-bond donors (Lipinski definition) is 1. The van der Waals surface area contributed by atoms with E-state index in [0.29, 0.717) is 6.54 Å². The van der Waals surface area contributed by atoms with E-state index in [1.807, 2.05) is 44.6 Å². The average Bonchev–Trinajstić information content (AvgIpc) is 3.11. The van der Waals surface area contributed by atoms with Crippen molar-refractivity contribution in [2.45, 2.75) is 39.8 Å². The van der Waals surface area contributed by atoms with Gasteiger partial charge in [-0.1, -0.05) is 0 Å². The van der Waals surface area contributed by atoms with Gasteiger partial charge in [-0.15, -0.1) is 0 Å². The molecule has 154 valence electrons. The summed E-state index contributed by atoms with van der Waals surface area (Å²) in [5.74, 6) is 3.57. The molecule has 2 rings (SSSR count). The smallest absolute Gasteiger partial charge is 0.193 e. The molecule has 0 aliphatic carbocycles. The van der Waals surface area contributed by atoms with E-state index >= 15 is 0 Å². The van der Waals surface area contributed by atoms with Crippen LogP contribution >= 0.6 is 0 Å². The molecule has 0 aliphatic rings. The molecule has 28 heavy (non-hydrogen) atoms. The second-order valence-corrected chi connectivity index (χ2v) is 6.64. The minimum absolute atomic E-state index is 0.702. The normalized spacial score (nSPS) is 11.4. The zero-order valence-corrected chi connectivity index (χ0v) is 17.7. The number of aryl methyl sites for hydroxylation is 2. The first-order valence-electron chi connectivity index (χ1n) is 9.77. The standard InChI is InChI=1S/C21H33N5O2/c1-6-22-21(24-11-7-8-13-26-14-12-23-17(26)2)25(3)16-18-9-10-19(27-4)15-20(18)28-5/h9-10,12,14-15H,6-8,11,13,16H2,1-5H3,(H,22,24). The van der Waals surface area contributed by atoms with Crippen molar-refractivity contribution >= 4 is 5.96 Å². The number of aliphatic imine (C=N–C) groups is 1. The van der Waals surface area contributed by atoms with Gasteiger partial charge in [0.1, 0.15) is 17.3 Å². The van der Waals surface area contributed by atoms with Crippen molar-refractivity contribution in [2.24, 2.45) is 4.99 Å². The van der Waals surface area contributed by atoms with Gasteiger partial charge in [-0.3, -0.25) is 4.99 Å². The lowest BCUT2D eigenvalue weighted by Crippen LogP contribution is -2.38. The molecule has 1 aromatic carbocycles. The van der Waals surface area contributed by atoms with E-state index in [1.165, 1.54) is 0 Å². The molecule has 0 unspecified atom stereocenters. The van der Waals surface area contributed by atoms with Crippen LogP contribution in [-0.2, 0) is 13.1 Å². The highest BCUT2D eigenvalue weighted by molar-refractivity contribution is 5.79. The minimum atomic E-state index is 0.702. The monoisotopic (exact) mass is 387 g/mol. The van der Waals surface area contributed by atoms with E-state index in [0.717, 1.165) is 61.3 Å². The number of guanidine groups is 1. The van der Waals surface area contributed by atoms with Crippen LogP contribution in [0.15, 0.2) is 35.6 Å². The summed E-state index contributed by atoms with van der Waals surface area (Å²) in [5.41, 5.74) is 1.09. The maximum Gasteiger partial charge on any atom is 0.193 e. The van der Waals surface area contributed by atoms with Gasteiger partial charge in [-0.25, -0.2) is 4.98 Å². The molecule has 0 saturated heterocycles. The zero-order chi connectivity index (χ0) is 20.4. The Kier molecular flexibility index (Phi) is 8.65. The zero-order valence-electron chi connectivity index (χ0n) is 17.7. The van der Waals surface area contributed by atoms with Gasteiger partial charge in [0.2, 0.25) is 0 Å². The van der Waals surface area contributed by atoms with Gasteiger partial charge in [-0.05, 0) is 38.8 Å². The first-order chi connectivity index (χ1) is 13.6. The Labute approximate surface area is 168 Å². The van der Waals surface area contributed by atoms with E-state index < -0.39 is 0 Å². The van der Waals surface area contributed by atoms with Crippen LogP contribution in [0.5, 0.6) is 11.5 Å². The van der Waals surface area contributed by atoms with Crippen LogP contribution in [-0.4, -0.2) is 54.8 Å². The number of aromatic nitrogens is 2. The van der Waals surface area contributed by atoms with Gasteiger partial charge in [0, 0.05) is 57.3 Å². The predicted molar refractivity (Wildman–Crippen MR) is 113 cm³/mol. The Balaban J connectivity index is 1.92. The van der Waals surface area contributed by atoms with Crippen LogP contribution in [0.4, 0.5) is 0 Å². The fraction of sp³-hybridized carbons (Fsp3) is 0.524. The largest absolute Gasteiger partial charge is 0.497 e. The van der Waals surface area contributed by atoms with Crippen LogP contribution in [0.25, 0.3) is 0 Å². The minimum Gasteiger partial charge on any atom is -0.497 e. The fourth-order valence-corrected chi connectivity index (χ4v) is 3.00. The van der Waals surface area contributed by atoms with Gasteiger partial charge < -0.3 is 24.3 Å². The van der Waals surface area contributed by atoms with Crippen molar-refractivity contribution in [1.82, 2.24) is 19.8 Å². The molecule has 0 bridgehead atoms. The number of rotatable bonds is 10. The Morgan fingerprint density at radius 3 is 2.71 bits per heavy atom. The Morgan fingerprint density at radius 2 is 2.07 bits per heavy atom. The molecule has 1 heterocycles. The molecular weight excluding hydrogens is 354 g/mol. The van der Waals surface area contributed by atoms with Crippen molar-refractivity contribution in [2.75, 3.05) is 34.4 Å². The third kappa shape index (κ3) is 6.18. The van der Waals surface area contributed by atoms with Crippen LogP contribution in [0.3, 0.4) is 0 Å². The van der Waals surface area contributed by atoms with Crippen LogP contribution in [0.1, 0.15) is 31.2 Å². The number of nitrogens with zero attached hydrogens (tertiary/aromatic N) is 4. The lowest BCUT2D eigenvalue weighted by atomic mass is 10.2. The van der Waals surface area contributed by atoms with E-state index in [2.05, 4.69) is 26.7 Å². The van der Waals surface area contributed by atoms with E-state index in [4.69, 9.17) is 14.5 Å². The molecule has 0 saturated carbocycles. The molecule has 2 aromatic rings. The molecule has 7 nitrogen and oxygen atoms in total. The topological polar surface area (TPSA) is 63.9 Å².